The van der Waals surface area contributed by atoms with Crippen LogP contribution < -0.4 is 5.32 Å². The van der Waals surface area contributed by atoms with Crippen molar-refractivity contribution in [3.63, 3.8) is 0 Å². The number of alkyl halides is 3. The zero-order valence-corrected chi connectivity index (χ0v) is 10.7. The van der Waals surface area contributed by atoms with E-state index in [9.17, 15) is 18.0 Å². The van der Waals surface area contributed by atoms with Gasteiger partial charge in [0.1, 0.15) is 5.76 Å². The van der Waals surface area contributed by atoms with Gasteiger partial charge >= 0.3 is 12.1 Å². The first kappa shape index (κ1) is 14.9. The standard InChI is InChI=1S/C13H16F3NO3/c14-13(15,16)8-1-3-9(4-2-8)17-7-10-5-6-11(20-10)12(18)19/h5-6,8-9,17H,1-4,7H2,(H,18,19). The Morgan fingerprint density at radius 3 is 2.45 bits per heavy atom. The Kier molecular flexibility index (Phi) is 4.37. The highest BCUT2D eigenvalue weighted by atomic mass is 19.4. The van der Waals surface area contributed by atoms with Crippen LogP contribution in [0, 0.1) is 5.92 Å². The number of hydrogen-bond donors (Lipinski definition) is 2. The molecule has 1 heterocycles. The van der Waals surface area contributed by atoms with Gasteiger partial charge in [-0.15, -0.1) is 0 Å². The largest absolute Gasteiger partial charge is 0.475 e. The summed E-state index contributed by atoms with van der Waals surface area (Å²) in [4.78, 5) is 10.6. The minimum atomic E-state index is -4.09. The lowest BCUT2D eigenvalue weighted by Gasteiger charge is -2.30. The molecule has 0 radical (unpaired) electrons. The van der Waals surface area contributed by atoms with Gasteiger partial charge in [-0.2, -0.15) is 13.2 Å². The summed E-state index contributed by atoms with van der Waals surface area (Å²) >= 11 is 0. The minimum Gasteiger partial charge on any atom is -0.475 e. The molecular formula is C13H16F3NO3. The highest BCUT2D eigenvalue weighted by Crippen LogP contribution is 2.37. The molecule has 0 aliphatic heterocycles. The summed E-state index contributed by atoms with van der Waals surface area (Å²) in [5.41, 5.74) is 0. The third-order valence-electron chi connectivity index (χ3n) is 3.63. The predicted molar refractivity (Wildman–Crippen MR) is 64.3 cm³/mol. The SMILES string of the molecule is O=C(O)c1ccc(CNC2CCC(C(F)(F)F)CC2)o1. The van der Waals surface area contributed by atoms with Crippen molar-refractivity contribution < 1.29 is 27.5 Å². The van der Waals surface area contributed by atoms with E-state index < -0.39 is 18.1 Å². The molecule has 20 heavy (non-hydrogen) atoms. The second kappa shape index (κ2) is 5.87. The number of rotatable bonds is 4. The van der Waals surface area contributed by atoms with Crippen molar-refractivity contribution in [2.45, 2.75) is 44.4 Å². The van der Waals surface area contributed by atoms with Crippen LogP contribution in [0.15, 0.2) is 16.5 Å². The Morgan fingerprint density at radius 2 is 1.95 bits per heavy atom. The van der Waals surface area contributed by atoms with Crippen LogP contribution in [-0.4, -0.2) is 23.3 Å². The van der Waals surface area contributed by atoms with Crippen molar-refractivity contribution in [3.05, 3.63) is 23.7 Å². The molecule has 112 valence electrons. The molecule has 0 saturated heterocycles. The Hall–Kier alpha value is -1.50. The van der Waals surface area contributed by atoms with Gasteiger partial charge in [0.15, 0.2) is 0 Å². The number of carbonyl (C=O) groups is 1. The highest BCUT2D eigenvalue weighted by Gasteiger charge is 2.41. The molecule has 0 aromatic carbocycles. The van der Waals surface area contributed by atoms with Crippen molar-refractivity contribution in [1.29, 1.82) is 0 Å². The Bertz CT molecular complexity index is 462. The third-order valence-corrected chi connectivity index (χ3v) is 3.63. The van der Waals surface area contributed by atoms with Gasteiger partial charge in [-0.05, 0) is 37.8 Å². The van der Waals surface area contributed by atoms with Gasteiger partial charge in [-0.1, -0.05) is 0 Å². The van der Waals surface area contributed by atoms with E-state index in [1.165, 1.54) is 6.07 Å². The number of halogens is 3. The molecule has 2 rings (SSSR count). The Morgan fingerprint density at radius 1 is 1.30 bits per heavy atom. The number of aromatic carboxylic acids is 1. The van der Waals surface area contributed by atoms with Crippen molar-refractivity contribution >= 4 is 5.97 Å². The van der Waals surface area contributed by atoms with E-state index in [4.69, 9.17) is 9.52 Å². The predicted octanol–water partition coefficient (Wildman–Crippen LogP) is 3.19. The van der Waals surface area contributed by atoms with E-state index in [0.29, 0.717) is 25.1 Å². The second-order valence-electron chi connectivity index (χ2n) is 5.04. The monoisotopic (exact) mass is 291 g/mol. The molecule has 7 heteroatoms. The summed E-state index contributed by atoms with van der Waals surface area (Å²) in [7, 11) is 0. The quantitative estimate of drug-likeness (QED) is 0.894. The van der Waals surface area contributed by atoms with Crippen LogP contribution in [0.2, 0.25) is 0 Å². The lowest BCUT2D eigenvalue weighted by Crippen LogP contribution is -2.36. The summed E-state index contributed by atoms with van der Waals surface area (Å²) in [5.74, 6) is -1.99. The fraction of sp³-hybridized carbons (Fsp3) is 0.615. The maximum absolute atomic E-state index is 12.5. The Balaban J connectivity index is 1.77. The highest BCUT2D eigenvalue weighted by molar-refractivity contribution is 5.84. The van der Waals surface area contributed by atoms with Crippen molar-refractivity contribution in [1.82, 2.24) is 5.32 Å². The molecule has 1 saturated carbocycles. The first-order valence-electron chi connectivity index (χ1n) is 6.48. The fourth-order valence-corrected chi connectivity index (χ4v) is 2.46. The van der Waals surface area contributed by atoms with Crippen molar-refractivity contribution in [2.75, 3.05) is 0 Å². The van der Waals surface area contributed by atoms with E-state index in [1.807, 2.05) is 0 Å². The first-order chi connectivity index (χ1) is 9.36. The van der Waals surface area contributed by atoms with Gasteiger partial charge in [0.25, 0.3) is 0 Å². The molecule has 0 amide bonds. The van der Waals surface area contributed by atoms with Crippen LogP contribution >= 0.6 is 0 Å². The maximum atomic E-state index is 12.5. The van der Waals surface area contributed by atoms with E-state index in [-0.39, 0.29) is 24.6 Å². The van der Waals surface area contributed by atoms with Gasteiger partial charge in [-0.25, -0.2) is 4.79 Å². The number of carboxylic acids is 1. The van der Waals surface area contributed by atoms with E-state index >= 15 is 0 Å². The second-order valence-corrected chi connectivity index (χ2v) is 5.04. The molecule has 0 atom stereocenters. The smallest absolute Gasteiger partial charge is 0.391 e. The van der Waals surface area contributed by atoms with Gasteiger partial charge < -0.3 is 14.8 Å². The zero-order chi connectivity index (χ0) is 14.8. The summed E-state index contributed by atoms with van der Waals surface area (Å²) in [5, 5.41) is 11.8. The number of carboxylic acid groups (broad SMARTS) is 1. The molecule has 0 unspecified atom stereocenters. The summed E-state index contributed by atoms with van der Waals surface area (Å²) in [6, 6.07) is 2.93. The van der Waals surface area contributed by atoms with Crippen LogP contribution in [0.5, 0.6) is 0 Å². The summed E-state index contributed by atoms with van der Waals surface area (Å²) in [6.07, 6.45) is -2.88. The lowest BCUT2D eigenvalue weighted by atomic mass is 9.85. The summed E-state index contributed by atoms with van der Waals surface area (Å²) in [6.45, 7) is 0.328. The lowest BCUT2D eigenvalue weighted by molar-refractivity contribution is -0.182. The van der Waals surface area contributed by atoms with Crippen LogP contribution in [0.3, 0.4) is 0 Å². The molecule has 0 spiro atoms. The fourth-order valence-electron chi connectivity index (χ4n) is 2.46. The van der Waals surface area contributed by atoms with Gasteiger partial charge in [0.05, 0.1) is 12.5 Å². The first-order valence-corrected chi connectivity index (χ1v) is 6.48. The van der Waals surface area contributed by atoms with Crippen molar-refractivity contribution in [3.8, 4) is 0 Å². The average Bonchev–Trinajstić information content (AvgIpc) is 2.85. The molecular weight excluding hydrogens is 275 g/mol. The molecule has 1 aromatic rings. The Labute approximate surface area is 114 Å². The van der Waals surface area contributed by atoms with Gasteiger partial charge in [-0.3, -0.25) is 0 Å². The summed E-state index contributed by atoms with van der Waals surface area (Å²) < 4.78 is 42.6. The maximum Gasteiger partial charge on any atom is 0.391 e. The molecule has 4 nitrogen and oxygen atoms in total. The molecule has 0 bridgehead atoms. The zero-order valence-electron chi connectivity index (χ0n) is 10.7. The molecule has 1 aliphatic rings. The topological polar surface area (TPSA) is 62.5 Å². The van der Waals surface area contributed by atoms with E-state index in [1.54, 1.807) is 6.07 Å². The number of furan rings is 1. The van der Waals surface area contributed by atoms with Gasteiger partial charge in [0, 0.05) is 6.04 Å². The number of hydrogen-bond acceptors (Lipinski definition) is 3. The average molecular weight is 291 g/mol. The molecule has 2 N–H and O–H groups in total. The van der Waals surface area contributed by atoms with Crippen molar-refractivity contribution in [2.24, 2.45) is 5.92 Å². The van der Waals surface area contributed by atoms with E-state index in [2.05, 4.69) is 5.32 Å². The normalized spacial score (nSPS) is 23.8. The van der Waals surface area contributed by atoms with E-state index in [0.717, 1.165) is 0 Å². The number of nitrogens with one attached hydrogen (secondary N) is 1. The van der Waals surface area contributed by atoms with Crippen LogP contribution in [0.1, 0.15) is 42.0 Å². The molecule has 1 aromatic heterocycles. The molecule has 1 aliphatic carbocycles. The van der Waals surface area contributed by atoms with Crippen LogP contribution in [0.4, 0.5) is 13.2 Å². The molecule has 1 fully saturated rings. The third kappa shape index (κ3) is 3.75. The van der Waals surface area contributed by atoms with Crippen LogP contribution in [-0.2, 0) is 6.54 Å². The van der Waals surface area contributed by atoms with Gasteiger partial charge in [0.2, 0.25) is 5.76 Å². The minimum absolute atomic E-state index is 0.0204. The van der Waals surface area contributed by atoms with Crippen LogP contribution in [0.25, 0.3) is 0 Å².